The molecule has 0 unspecified atom stereocenters. The first-order valence-electron chi connectivity index (χ1n) is 6.79. The zero-order chi connectivity index (χ0) is 15.1. The lowest BCUT2D eigenvalue weighted by Crippen LogP contribution is -1.99. The van der Waals surface area contributed by atoms with Gasteiger partial charge in [-0.25, -0.2) is 4.98 Å². The van der Waals surface area contributed by atoms with Crippen LogP contribution in [-0.2, 0) is 6.54 Å². The van der Waals surface area contributed by atoms with E-state index < -0.39 is 0 Å². The Bertz CT molecular complexity index is 907. The molecule has 1 aromatic heterocycles. The number of ether oxygens (including phenoxy) is 2. The van der Waals surface area contributed by atoms with Crippen molar-refractivity contribution in [1.29, 1.82) is 5.26 Å². The number of nitrogen functional groups attached to an aromatic ring is 1. The van der Waals surface area contributed by atoms with Gasteiger partial charge in [-0.05, 0) is 24.3 Å². The van der Waals surface area contributed by atoms with Crippen LogP contribution >= 0.6 is 0 Å². The van der Waals surface area contributed by atoms with Gasteiger partial charge in [0.15, 0.2) is 11.5 Å². The van der Waals surface area contributed by atoms with Gasteiger partial charge in [-0.2, -0.15) is 5.26 Å². The molecule has 0 radical (unpaired) electrons. The van der Waals surface area contributed by atoms with Gasteiger partial charge in [-0.3, -0.25) is 0 Å². The lowest BCUT2D eigenvalue weighted by Gasteiger charge is -2.05. The molecule has 2 heterocycles. The van der Waals surface area contributed by atoms with Gasteiger partial charge >= 0.3 is 0 Å². The van der Waals surface area contributed by atoms with Crippen molar-refractivity contribution in [3.63, 3.8) is 0 Å². The summed E-state index contributed by atoms with van der Waals surface area (Å²) in [4.78, 5) is 4.64. The van der Waals surface area contributed by atoms with Gasteiger partial charge in [0.2, 0.25) is 6.79 Å². The second-order valence-electron chi connectivity index (χ2n) is 5.00. The molecule has 1 aliphatic rings. The predicted octanol–water partition coefficient (Wildman–Crippen LogP) is 2.54. The average molecular weight is 292 g/mol. The highest BCUT2D eigenvalue weighted by atomic mass is 16.7. The minimum Gasteiger partial charge on any atom is -0.454 e. The molecule has 0 spiro atoms. The maximum Gasteiger partial charge on any atom is 0.231 e. The maximum absolute atomic E-state index is 9.13. The highest BCUT2D eigenvalue weighted by molar-refractivity contribution is 5.84. The van der Waals surface area contributed by atoms with Crippen molar-refractivity contribution in [1.82, 2.24) is 9.55 Å². The Hall–Kier alpha value is -3.20. The molecule has 0 bridgehead atoms. The molecule has 0 fully saturated rings. The third-order valence-corrected chi connectivity index (χ3v) is 3.64. The summed E-state index contributed by atoms with van der Waals surface area (Å²) in [6.45, 7) is 0.418. The van der Waals surface area contributed by atoms with Crippen LogP contribution in [0.3, 0.4) is 0 Å². The zero-order valence-electron chi connectivity index (χ0n) is 11.6. The quantitative estimate of drug-likeness (QED) is 0.733. The molecule has 3 aromatic rings. The van der Waals surface area contributed by atoms with Gasteiger partial charge in [0.05, 0.1) is 17.1 Å². The predicted molar refractivity (Wildman–Crippen MR) is 81.3 cm³/mol. The second kappa shape index (κ2) is 4.67. The second-order valence-corrected chi connectivity index (χ2v) is 5.00. The van der Waals surface area contributed by atoms with E-state index in [9.17, 15) is 0 Å². The smallest absolute Gasteiger partial charge is 0.231 e. The SMILES string of the molecule is N#CCn1c(-c2ccc(N)cc2)nc2cc3c(cc21)OCO3. The molecule has 6 heteroatoms. The van der Waals surface area contributed by atoms with Crippen LogP contribution in [0, 0.1) is 11.3 Å². The molecule has 6 nitrogen and oxygen atoms in total. The van der Waals surface area contributed by atoms with Crippen molar-refractivity contribution >= 4 is 16.7 Å². The zero-order valence-corrected chi connectivity index (χ0v) is 11.6. The third-order valence-electron chi connectivity index (χ3n) is 3.64. The fourth-order valence-electron chi connectivity index (χ4n) is 2.60. The van der Waals surface area contributed by atoms with E-state index in [-0.39, 0.29) is 13.3 Å². The normalized spacial score (nSPS) is 12.5. The lowest BCUT2D eigenvalue weighted by molar-refractivity contribution is 0.174. The topological polar surface area (TPSA) is 86.1 Å². The number of hydrogen-bond acceptors (Lipinski definition) is 5. The van der Waals surface area contributed by atoms with E-state index >= 15 is 0 Å². The standard InChI is InChI=1S/C16H12N4O2/c17-5-6-20-13-8-15-14(21-9-22-15)7-12(13)19-16(20)10-1-3-11(18)4-2-10/h1-4,7-8H,6,9,18H2. The molecule has 0 amide bonds. The van der Waals surface area contributed by atoms with Crippen molar-refractivity contribution in [2.75, 3.05) is 12.5 Å². The summed E-state index contributed by atoms with van der Waals surface area (Å²) in [7, 11) is 0. The summed E-state index contributed by atoms with van der Waals surface area (Å²) in [5.74, 6) is 2.08. The van der Waals surface area contributed by atoms with Crippen molar-refractivity contribution in [3.8, 4) is 29.0 Å². The highest BCUT2D eigenvalue weighted by Gasteiger charge is 2.19. The van der Waals surface area contributed by atoms with Crippen molar-refractivity contribution in [2.45, 2.75) is 6.54 Å². The Kier molecular flexibility index (Phi) is 2.66. The van der Waals surface area contributed by atoms with E-state index in [1.807, 2.05) is 41.0 Å². The molecular weight excluding hydrogens is 280 g/mol. The van der Waals surface area contributed by atoms with Gasteiger partial charge in [0.1, 0.15) is 12.4 Å². The van der Waals surface area contributed by atoms with Crippen molar-refractivity contribution in [2.24, 2.45) is 0 Å². The first kappa shape index (κ1) is 12.5. The van der Waals surface area contributed by atoms with Crippen molar-refractivity contribution in [3.05, 3.63) is 36.4 Å². The van der Waals surface area contributed by atoms with Gasteiger partial charge in [0, 0.05) is 23.4 Å². The van der Waals surface area contributed by atoms with Crippen LogP contribution in [0.4, 0.5) is 5.69 Å². The third kappa shape index (κ3) is 1.84. The molecule has 4 rings (SSSR count). The fraction of sp³-hybridized carbons (Fsp3) is 0.125. The Morgan fingerprint density at radius 1 is 1.18 bits per heavy atom. The Labute approximate surface area is 126 Å². The molecule has 22 heavy (non-hydrogen) atoms. The monoisotopic (exact) mass is 292 g/mol. The first-order valence-corrected chi connectivity index (χ1v) is 6.79. The molecule has 2 N–H and O–H groups in total. The Balaban J connectivity index is 1.96. The Morgan fingerprint density at radius 3 is 2.64 bits per heavy atom. The van der Waals surface area contributed by atoms with E-state index in [1.54, 1.807) is 0 Å². The lowest BCUT2D eigenvalue weighted by atomic mass is 10.2. The van der Waals surface area contributed by atoms with Crippen LogP contribution in [-0.4, -0.2) is 16.3 Å². The highest BCUT2D eigenvalue weighted by Crippen LogP contribution is 2.37. The number of anilines is 1. The largest absolute Gasteiger partial charge is 0.454 e. The van der Waals surface area contributed by atoms with Crippen LogP contribution in [0.25, 0.3) is 22.4 Å². The van der Waals surface area contributed by atoms with E-state index in [4.69, 9.17) is 20.5 Å². The summed E-state index contributed by atoms with van der Waals surface area (Å²) in [5.41, 5.74) is 8.94. The molecule has 0 atom stereocenters. The molecule has 0 saturated carbocycles. The minimum absolute atomic E-state index is 0.204. The van der Waals surface area contributed by atoms with Gasteiger partial charge in [0.25, 0.3) is 0 Å². The van der Waals surface area contributed by atoms with Crippen molar-refractivity contribution < 1.29 is 9.47 Å². The number of aromatic nitrogens is 2. The summed E-state index contributed by atoms with van der Waals surface area (Å²) < 4.78 is 12.7. The summed E-state index contributed by atoms with van der Waals surface area (Å²) >= 11 is 0. The summed E-state index contributed by atoms with van der Waals surface area (Å²) in [6, 6.07) is 13.3. The molecule has 0 aliphatic carbocycles. The number of fused-ring (bicyclic) bond motifs is 2. The van der Waals surface area contributed by atoms with Crippen LogP contribution in [0.1, 0.15) is 0 Å². The number of imidazole rings is 1. The maximum atomic E-state index is 9.13. The number of nitrogens with two attached hydrogens (primary N) is 1. The molecular formula is C16H12N4O2. The Morgan fingerprint density at radius 2 is 1.91 bits per heavy atom. The van der Waals surface area contributed by atoms with E-state index in [1.165, 1.54) is 0 Å². The summed E-state index contributed by atoms with van der Waals surface area (Å²) in [5, 5.41) is 9.13. The van der Waals surface area contributed by atoms with E-state index in [0.29, 0.717) is 17.2 Å². The van der Waals surface area contributed by atoms with Crippen LogP contribution in [0.2, 0.25) is 0 Å². The first-order chi connectivity index (χ1) is 10.8. The molecule has 1 aliphatic heterocycles. The number of nitriles is 1. The van der Waals surface area contributed by atoms with Crippen LogP contribution < -0.4 is 15.2 Å². The van der Waals surface area contributed by atoms with Crippen LogP contribution in [0.5, 0.6) is 11.5 Å². The van der Waals surface area contributed by atoms with Gasteiger partial charge in [-0.15, -0.1) is 0 Å². The van der Waals surface area contributed by atoms with Crippen LogP contribution in [0.15, 0.2) is 36.4 Å². The molecule has 0 saturated heterocycles. The average Bonchev–Trinajstić information content (AvgIpc) is 3.11. The van der Waals surface area contributed by atoms with Gasteiger partial charge < -0.3 is 19.8 Å². The number of nitrogens with zero attached hydrogens (tertiary/aromatic N) is 3. The fourth-order valence-corrected chi connectivity index (χ4v) is 2.60. The van der Waals surface area contributed by atoms with E-state index in [2.05, 4.69) is 11.1 Å². The number of hydrogen-bond donors (Lipinski definition) is 1. The number of rotatable bonds is 2. The number of benzene rings is 2. The molecule has 2 aromatic carbocycles. The minimum atomic E-state index is 0.204. The molecule has 108 valence electrons. The summed E-state index contributed by atoms with van der Waals surface area (Å²) in [6.07, 6.45) is 0. The van der Waals surface area contributed by atoms with E-state index in [0.717, 1.165) is 22.4 Å². The van der Waals surface area contributed by atoms with Gasteiger partial charge in [-0.1, -0.05) is 0 Å².